The van der Waals surface area contributed by atoms with Crippen LogP contribution in [0.4, 0.5) is 0 Å². The van der Waals surface area contributed by atoms with Gasteiger partial charge < -0.3 is 19.4 Å². The summed E-state index contributed by atoms with van der Waals surface area (Å²) in [6.07, 6.45) is 0. The van der Waals surface area contributed by atoms with E-state index in [2.05, 4.69) is 16.3 Å². The van der Waals surface area contributed by atoms with Gasteiger partial charge in [0.25, 0.3) is 5.91 Å². The topological polar surface area (TPSA) is 71.8 Å². The molecule has 0 spiro atoms. The summed E-state index contributed by atoms with van der Waals surface area (Å²) in [6.45, 7) is 2.25. The lowest BCUT2D eigenvalue weighted by Gasteiger charge is -2.23. The molecule has 0 fully saturated rings. The number of carbonyl (C=O) groups excluding carboxylic acids is 1. The maximum atomic E-state index is 12.2. The zero-order valence-electron chi connectivity index (χ0n) is 15.5. The smallest absolute Gasteiger partial charge is 0.336 e. The lowest BCUT2D eigenvalue weighted by molar-refractivity contribution is -0.123. The summed E-state index contributed by atoms with van der Waals surface area (Å²) < 4.78 is 10.8. The van der Waals surface area contributed by atoms with Crippen LogP contribution in [-0.2, 0) is 4.79 Å². The molecule has 3 aromatic rings. The SMILES string of the molecule is Cc1cc(=O)oc2cc(OCC(=O)NC[C@@H](c3cccs3)N(C)C)ccc12. The third-order valence-corrected chi connectivity index (χ3v) is 5.25. The highest BCUT2D eigenvalue weighted by Gasteiger charge is 2.16. The molecule has 1 N–H and O–H groups in total. The summed E-state index contributed by atoms with van der Waals surface area (Å²) in [6, 6.07) is 10.8. The fourth-order valence-corrected chi connectivity index (χ4v) is 3.75. The van der Waals surface area contributed by atoms with E-state index in [4.69, 9.17) is 9.15 Å². The molecule has 2 aromatic heterocycles. The number of likely N-dealkylation sites (N-methyl/N-ethyl adjacent to an activating group) is 1. The Kier molecular flexibility index (Phi) is 5.93. The molecule has 1 aromatic carbocycles. The van der Waals surface area contributed by atoms with Crippen LogP contribution in [0.15, 0.2) is 51.0 Å². The first-order valence-electron chi connectivity index (χ1n) is 8.58. The van der Waals surface area contributed by atoms with Crippen molar-refractivity contribution in [3.63, 3.8) is 0 Å². The Labute approximate surface area is 161 Å². The Hall–Kier alpha value is -2.64. The molecule has 0 unspecified atom stereocenters. The summed E-state index contributed by atoms with van der Waals surface area (Å²) in [4.78, 5) is 26.9. The van der Waals surface area contributed by atoms with Gasteiger partial charge in [0.1, 0.15) is 11.3 Å². The number of nitrogens with one attached hydrogen (secondary N) is 1. The van der Waals surface area contributed by atoms with Crippen LogP contribution in [0, 0.1) is 6.92 Å². The van der Waals surface area contributed by atoms with Crippen molar-refractivity contribution in [1.29, 1.82) is 0 Å². The first kappa shape index (κ1) is 19.1. The van der Waals surface area contributed by atoms with Crippen molar-refractivity contribution in [2.45, 2.75) is 13.0 Å². The standard InChI is InChI=1S/C20H22N2O4S/c1-13-9-20(24)26-17-10-14(6-7-15(13)17)25-12-19(23)21-11-16(22(2)3)18-5-4-8-27-18/h4-10,16H,11-12H2,1-3H3,(H,21,23)/t16-/m0/s1. The molecule has 0 aliphatic rings. The molecule has 0 aliphatic heterocycles. The Morgan fingerprint density at radius 2 is 2.11 bits per heavy atom. The molecule has 142 valence electrons. The second kappa shape index (κ2) is 8.37. The highest BCUT2D eigenvalue weighted by atomic mass is 32.1. The normalized spacial score (nSPS) is 12.3. The molecule has 0 saturated carbocycles. The van der Waals surface area contributed by atoms with Crippen LogP contribution in [0.1, 0.15) is 16.5 Å². The highest BCUT2D eigenvalue weighted by Crippen LogP contribution is 2.23. The lowest BCUT2D eigenvalue weighted by Crippen LogP contribution is -2.36. The molecule has 0 aliphatic carbocycles. The van der Waals surface area contributed by atoms with E-state index in [1.807, 2.05) is 38.5 Å². The van der Waals surface area contributed by atoms with E-state index in [0.717, 1.165) is 10.9 Å². The molecule has 27 heavy (non-hydrogen) atoms. The number of rotatable bonds is 7. The Morgan fingerprint density at radius 3 is 2.81 bits per heavy atom. The average Bonchev–Trinajstić information content (AvgIpc) is 3.13. The van der Waals surface area contributed by atoms with Gasteiger partial charge in [-0.25, -0.2) is 4.79 Å². The van der Waals surface area contributed by atoms with Crippen molar-refractivity contribution in [3.05, 3.63) is 62.6 Å². The van der Waals surface area contributed by atoms with Gasteiger partial charge >= 0.3 is 5.63 Å². The minimum absolute atomic E-state index is 0.105. The summed E-state index contributed by atoms with van der Waals surface area (Å²) in [7, 11) is 3.97. The Morgan fingerprint density at radius 1 is 1.30 bits per heavy atom. The fraction of sp³-hybridized carbons (Fsp3) is 0.300. The zero-order valence-corrected chi connectivity index (χ0v) is 16.3. The second-order valence-electron chi connectivity index (χ2n) is 6.49. The van der Waals surface area contributed by atoms with Gasteiger partial charge in [0.15, 0.2) is 6.61 Å². The predicted molar refractivity (Wildman–Crippen MR) is 106 cm³/mol. The molecule has 3 rings (SSSR count). The molecule has 0 saturated heterocycles. The minimum atomic E-state index is -0.404. The van der Waals surface area contributed by atoms with Gasteiger partial charge in [0.2, 0.25) is 0 Å². The molecular weight excluding hydrogens is 364 g/mol. The maximum Gasteiger partial charge on any atom is 0.336 e. The van der Waals surface area contributed by atoms with E-state index in [-0.39, 0.29) is 18.6 Å². The van der Waals surface area contributed by atoms with Crippen molar-refractivity contribution in [3.8, 4) is 5.75 Å². The summed E-state index contributed by atoms with van der Waals surface area (Å²) in [5.41, 5.74) is 0.885. The van der Waals surface area contributed by atoms with Crippen LogP contribution in [0.25, 0.3) is 11.0 Å². The van der Waals surface area contributed by atoms with Crippen LogP contribution < -0.4 is 15.7 Å². The van der Waals surface area contributed by atoms with E-state index in [0.29, 0.717) is 17.9 Å². The largest absolute Gasteiger partial charge is 0.484 e. The monoisotopic (exact) mass is 386 g/mol. The summed E-state index contributed by atoms with van der Waals surface area (Å²) >= 11 is 1.66. The van der Waals surface area contributed by atoms with Crippen LogP contribution in [0.2, 0.25) is 0 Å². The second-order valence-corrected chi connectivity index (χ2v) is 7.47. The maximum absolute atomic E-state index is 12.2. The van der Waals surface area contributed by atoms with Crippen molar-refractivity contribution in [2.24, 2.45) is 0 Å². The number of aryl methyl sites for hydroxylation is 1. The molecule has 1 amide bonds. The van der Waals surface area contributed by atoms with E-state index >= 15 is 0 Å². The molecule has 0 radical (unpaired) electrons. The predicted octanol–water partition coefficient (Wildman–Crippen LogP) is 2.96. The number of carbonyl (C=O) groups is 1. The van der Waals surface area contributed by atoms with Gasteiger partial charge in [-0.3, -0.25) is 4.79 Å². The molecular formula is C20H22N2O4S. The quantitative estimate of drug-likeness (QED) is 0.632. The minimum Gasteiger partial charge on any atom is -0.484 e. The van der Waals surface area contributed by atoms with E-state index in [1.165, 1.54) is 10.9 Å². The van der Waals surface area contributed by atoms with Crippen molar-refractivity contribution >= 4 is 28.2 Å². The van der Waals surface area contributed by atoms with Crippen LogP contribution >= 0.6 is 11.3 Å². The molecule has 2 heterocycles. The molecule has 6 nitrogen and oxygen atoms in total. The lowest BCUT2D eigenvalue weighted by atomic mass is 10.1. The summed E-state index contributed by atoms with van der Waals surface area (Å²) in [5.74, 6) is 0.276. The number of fused-ring (bicyclic) bond motifs is 1. The zero-order chi connectivity index (χ0) is 19.4. The van der Waals surface area contributed by atoms with Crippen molar-refractivity contribution < 1.29 is 13.9 Å². The highest BCUT2D eigenvalue weighted by molar-refractivity contribution is 7.10. The van der Waals surface area contributed by atoms with Crippen LogP contribution in [0.5, 0.6) is 5.75 Å². The third kappa shape index (κ3) is 4.75. The van der Waals surface area contributed by atoms with Gasteiger partial charge in [-0.2, -0.15) is 0 Å². The number of amides is 1. The molecule has 1 atom stereocenters. The van der Waals surface area contributed by atoms with Crippen molar-refractivity contribution in [1.82, 2.24) is 10.2 Å². The number of hydrogen-bond acceptors (Lipinski definition) is 6. The van der Waals surface area contributed by atoms with Crippen molar-refractivity contribution in [2.75, 3.05) is 27.2 Å². The van der Waals surface area contributed by atoms with E-state index < -0.39 is 5.63 Å². The van der Waals surface area contributed by atoms with Gasteiger partial charge in [-0.15, -0.1) is 11.3 Å². The van der Waals surface area contributed by atoms with Gasteiger partial charge in [0.05, 0.1) is 6.04 Å². The number of thiophene rings is 1. The fourth-order valence-electron chi connectivity index (χ4n) is 2.82. The first-order valence-corrected chi connectivity index (χ1v) is 9.46. The van der Waals surface area contributed by atoms with Gasteiger partial charge in [-0.1, -0.05) is 6.07 Å². The number of ether oxygens (including phenoxy) is 1. The van der Waals surface area contributed by atoms with Crippen LogP contribution in [-0.4, -0.2) is 38.1 Å². The summed E-state index contributed by atoms with van der Waals surface area (Å²) in [5, 5.41) is 5.77. The van der Waals surface area contributed by atoms with Crippen LogP contribution in [0.3, 0.4) is 0 Å². The number of benzene rings is 1. The van der Waals surface area contributed by atoms with E-state index in [1.54, 1.807) is 23.5 Å². The average molecular weight is 386 g/mol. The Bertz CT molecular complexity index is 979. The van der Waals surface area contributed by atoms with Gasteiger partial charge in [-0.05, 0) is 50.2 Å². The van der Waals surface area contributed by atoms with Gasteiger partial charge in [0, 0.05) is 28.9 Å². The van der Waals surface area contributed by atoms with E-state index in [9.17, 15) is 9.59 Å². The number of nitrogens with zero attached hydrogens (tertiary/aromatic N) is 1. The third-order valence-electron chi connectivity index (χ3n) is 4.28. The molecule has 0 bridgehead atoms. The molecule has 7 heteroatoms. The Balaban J connectivity index is 1.59. The first-order chi connectivity index (χ1) is 12.9. The number of hydrogen-bond donors (Lipinski definition) is 1.